The van der Waals surface area contributed by atoms with Gasteiger partial charge in [0.05, 0.1) is 6.26 Å². The first kappa shape index (κ1) is 16.0. The molecule has 0 aliphatic heterocycles. The van der Waals surface area contributed by atoms with Gasteiger partial charge in [-0.3, -0.25) is 4.79 Å². The summed E-state index contributed by atoms with van der Waals surface area (Å²) in [5.74, 6) is 0.197. The Hall–Kier alpha value is -2.92. The molecule has 3 aromatic rings. The van der Waals surface area contributed by atoms with Gasteiger partial charge in [0.1, 0.15) is 5.82 Å². The summed E-state index contributed by atoms with van der Waals surface area (Å²) >= 11 is 0. The van der Waals surface area contributed by atoms with Crippen molar-refractivity contribution in [3.8, 4) is 0 Å². The molecule has 2 aromatic carbocycles. The third kappa shape index (κ3) is 4.08. The standard InChI is InChI=1S/C19H17FN2O2/c20-15-8-4-9-16(12-15)22-18(23)13-21-19(17-10-5-11-24-17)14-6-2-1-3-7-14/h1-12,19,21H,13H2,(H,22,23)/p+1/t19-/m0/s1. The van der Waals surface area contributed by atoms with Gasteiger partial charge in [0.2, 0.25) is 0 Å². The van der Waals surface area contributed by atoms with Crippen LogP contribution in [0.2, 0.25) is 0 Å². The SMILES string of the molecule is O=C(C[NH2+][C@@H](c1ccccc1)c1ccco1)Nc1cccc(F)c1. The molecule has 3 N–H and O–H groups in total. The number of hydrogen-bond donors (Lipinski definition) is 2. The Morgan fingerprint density at radius 2 is 1.92 bits per heavy atom. The molecular formula is C19H18FN2O2+. The minimum atomic E-state index is -0.380. The third-order valence-corrected chi connectivity index (χ3v) is 3.66. The number of amides is 1. The average molecular weight is 325 g/mol. The first-order valence-electron chi connectivity index (χ1n) is 7.69. The van der Waals surface area contributed by atoms with Crippen molar-refractivity contribution < 1.29 is 18.9 Å². The second-order valence-corrected chi connectivity index (χ2v) is 5.40. The molecule has 1 heterocycles. The van der Waals surface area contributed by atoms with Gasteiger partial charge < -0.3 is 15.1 Å². The van der Waals surface area contributed by atoms with Gasteiger partial charge in [-0.05, 0) is 30.3 Å². The van der Waals surface area contributed by atoms with E-state index in [9.17, 15) is 9.18 Å². The highest BCUT2D eigenvalue weighted by Gasteiger charge is 2.21. The fraction of sp³-hybridized carbons (Fsp3) is 0.105. The Labute approximate surface area is 139 Å². The van der Waals surface area contributed by atoms with Crippen LogP contribution in [0.25, 0.3) is 0 Å². The van der Waals surface area contributed by atoms with Crippen LogP contribution in [-0.4, -0.2) is 12.5 Å². The van der Waals surface area contributed by atoms with E-state index in [4.69, 9.17) is 4.42 Å². The topological polar surface area (TPSA) is 58.9 Å². The molecule has 0 fully saturated rings. The van der Waals surface area contributed by atoms with Gasteiger partial charge in [0.15, 0.2) is 18.3 Å². The monoisotopic (exact) mass is 325 g/mol. The highest BCUT2D eigenvalue weighted by Crippen LogP contribution is 2.18. The molecule has 0 aliphatic carbocycles. The molecule has 0 unspecified atom stereocenters. The van der Waals surface area contributed by atoms with E-state index in [1.807, 2.05) is 47.8 Å². The quantitative estimate of drug-likeness (QED) is 0.732. The number of carbonyl (C=O) groups excluding carboxylic acids is 1. The number of benzene rings is 2. The number of nitrogens with one attached hydrogen (secondary N) is 1. The van der Waals surface area contributed by atoms with Crippen LogP contribution in [0.1, 0.15) is 17.4 Å². The van der Waals surface area contributed by atoms with E-state index in [2.05, 4.69) is 5.32 Å². The summed E-state index contributed by atoms with van der Waals surface area (Å²) in [6.07, 6.45) is 1.62. The van der Waals surface area contributed by atoms with E-state index in [1.165, 1.54) is 12.1 Å². The molecule has 0 saturated heterocycles. The van der Waals surface area contributed by atoms with E-state index in [1.54, 1.807) is 18.4 Å². The molecule has 1 amide bonds. The molecule has 3 rings (SSSR count). The second-order valence-electron chi connectivity index (χ2n) is 5.40. The van der Waals surface area contributed by atoms with E-state index in [-0.39, 0.29) is 24.3 Å². The molecule has 0 aliphatic rings. The van der Waals surface area contributed by atoms with Crippen LogP contribution in [0.5, 0.6) is 0 Å². The molecule has 122 valence electrons. The summed E-state index contributed by atoms with van der Waals surface area (Å²) in [5.41, 5.74) is 1.49. The van der Waals surface area contributed by atoms with Crippen molar-refractivity contribution in [2.75, 3.05) is 11.9 Å². The molecule has 1 aromatic heterocycles. The fourth-order valence-corrected chi connectivity index (χ4v) is 2.55. The second kappa shape index (κ2) is 7.57. The molecule has 0 spiro atoms. The number of anilines is 1. The zero-order valence-electron chi connectivity index (χ0n) is 13.0. The molecule has 0 saturated carbocycles. The molecular weight excluding hydrogens is 307 g/mol. The van der Waals surface area contributed by atoms with Gasteiger partial charge in [-0.1, -0.05) is 36.4 Å². The zero-order chi connectivity index (χ0) is 16.8. The first-order valence-corrected chi connectivity index (χ1v) is 7.69. The van der Waals surface area contributed by atoms with Crippen molar-refractivity contribution in [3.05, 3.63) is 90.1 Å². The number of hydrogen-bond acceptors (Lipinski definition) is 2. The minimum Gasteiger partial charge on any atom is -0.463 e. The van der Waals surface area contributed by atoms with Crippen LogP contribution in [0.4, 0.5) is 10.1 Å². The van der Waals surface area contributed by atoms with Crippen LogP contribution < -0.4 is 10.6 Å². The van der Waals surface area contributed by atoms with Crippen molar-refractivity contribution in [2.45, 2.75) is 6.04 Å². The molecule has 0 bridgehead atoms. The van der Waals surface area contributed by atoms with E-state index in [0.29, 0.717) is 5.69 Å². The summed E-state index contributed by atoms with van der Waals surface area (Å²) in [6, 6.07) is 19.3. The highest BCUT2D eigenvalue weighted by molar-refractivity contribution is 5.91. The molecule has 1 atom stereocenters. The van der Waals surface area contributed by atoms with Gasteiger partial charge in [-0.25, -0.2) is 4.39 Å². The summed E-state index contributed by atoms with van der Waals surface area (Å²) < 4.78 is 18.7. The Morgan fingerprint density at radius 1 is 1.08 bits per heavy atom. The molecule has 4 nitrogen and oxygen atoms in total. The number of carbonyl (C=O) groups is 1. The van der Waals surface area contributed by atoms with E-state index < -0.39 is 0 Å². The van der Waals surface area contributed by atoms with Crippen molar-refractivity contribution in [1.29, 1.82) is 0 Å². The maximum atomic E-state index is 13.2. The van der Waals surface area contributed by atoms with Crippen molar-refractivity contribution in [2.24, 2.45) is 0 Å². The lowest BCUT2D eigenvalue weighted by atomic mass is 10.0. The van der Waals surface area contributed by atoms with Gasteiger partial charge in [0, 0.05) is 11.3 Å². The van der Waals surface area contributed by atoms with Crippen LogP contribution in [0.3, 0.4) is 0 Å². The van der Waals surface area contributed by atoms with Gasteiger partial charge in [-0.2, -0.15) is 0 Å². The average Bonchev–Trinajstić information content (AvgIpc) is 3.10. The van der Waals surface area contributed by atoms with Crippen molar-refractivity contribution in [1.82, 2.24) is 0 Å². The Morgan fingerprint density at radius 3 is 2.62 bits per heavy atom. The predicted molar refractivity (Wildman–Crippen MR) is 88.8 cm³/mol. The van der Waals surface area contributed by atoms with Crippen LogP contribution >= 0.6 is 0 Å². The largest absolute Gasteiger partial charge is 0.463 e. The smallest absolute Gasteiger partial charge is 0.279 e. The molecule has 0 radical (unpaired) electrons. The van der Waals surface area contributed by atoms with Gasteiger partial charge >= 0.3 is 0 Å². The number of halogens is 1. The summed E-state index contributed by atoms with van der Waals surface area (Å²) in [5, 5.41) is 4.59. The summed E-state index contributed by atoms with van der Waals surface area (Å²) in [6.45, 7) is 0.191. The lowest BCUT2D eigenvalue weighted by Gasteiger charge is -2.14. The summed E-state index contributed by atoms with van der Waals surface area (Å²) in [4.78, 5) is 12.1. The maximum Gasteiger partial charge on any atom is 0.279 e. The lowest BCUT2D eigenvalue weighted by Crippen LogP contribution is -2.87. The summed E-state index contributed by atoms with van der Waals surface area (Å²) in [7, 11) is 0. The fourth-order valence-electron chi connectivity index (χ4n) is 2.55. The van der Waals surface area contributed by atoms with E-state index >= 15 is 0 Å². The minimum absolute atomic E-state index is 0.112. The van der Waals surface area contributed by atoms with E-state index in [0.717, 1.165) is 11.3 Å². The first-order chi connectivity index (χ1) is 11.7. The van der Waals surface area contributed by atoms with Crippen molar-refractivity contribution in [3.63, 3.8) is 0 Å². The third-order valence-electron chi connectivity index (χ3n) is 3.66. The maximum absolute atomic E-state index is 13.2. The molecule has 24 heavy (non-hydrogen) atoms. The number of quaternary nitrogens is 1. The Bertz CT molecular complexity index is 788. The highest BCUT2D eigenvalue weighted by atomic mass is 19.1. The molecule has 5 heteroatoms. The van der Waals surface area contributed by atoms with Crippen LogP contribution in [0, 0.1) is 5.82 Å². The number of furan rings is 1. The number of nitrogens with two attached hydrogens (primary N) is 1. The Balaban J connectivity index is 1.67. The number of rotatable bonds is 6. The normalized spacial score (nSPS) is 11.9. The van der Waals surface area contributed by atoms with Crippen LogP contribution in [0.15, 0.2) is 77.4 Å². The van der Waals surface area contributed by atoms with Gasteiger partial charge in [-0.15, -0.1) is 0 Å². The zero-order valence-corrected chi connectivity index (χ0v) is 13.0. The van der Waals surface area contributed by atoms with Gasteiger partial charge in [0.25, 0.3) is 5.91 Å². The Kier molecular flexibility index (Phi) is 5.03. The van der Waals surface area contributed by atoms with Crippen molar-refractivity contribution >= 4 is 11.6 Å². The predicted octanol–water partition coefficient (Wildman–Crippen LogP) is 2.71. The van der Waals surface area contributed by atoms with Crippen LogP contribution in [-0.2, 0) is 4.79 Å². The lowest BCUT2D eigenvalue weighted by molar-refractivity contribution is -0.678.